The number of carbonyl (C=O) groups excluding carboxylic acids is 1. The molecule has 4 heteroatoms. The van der Waals surface area contributed by atoms with Crippen LogP contribution in [0.2, 0.25) is 0 Å². The maximum Gasteiger partial charge on any atom is 0.176 e. The number of nitrogens with one attached hydrogen (secondary N) is 2. The van der Waals surface area contributed by atoms with Gasteiger partial charge in [0.15, 0.2) is 5.78 Å². The van der Waals surface area contributed by atoms with Crippen LogP contribution in [0.15, 0.2) is 24.4 Å². The molecule has 111 valence electrons. The number of benzene rings is 1. The van der Waals surface area contributed by atoms with Gasteiger partial charge in [0.1, 0.15) is 0 Å². The zero-order chi connectivity index (χ0) is 14.5. The van der Waals surface area contributed by atoms with Crippen molar-refractivity contribution in [3.63, 3.8) is 0 Å². The summed E-state index contributed by atoms with van der Waals surface area (Å²) in [7, 11) is 0. The predicted octanol–water partition coefficient (Wildman–Crippen LogP) is 2.23. The summed E-state index contributed by atoms with van der Waals surface area (Å²) in [4.78, 5) is 17.7. The molecule has 0 saturated carbocycles. The number of aromatic amines is 1. The third-order valence-electron chi connectivity index (χ3n) is 4.14. The minimum absolute atomic E-state index is 0.144. The molecule has 0 bridgehead atoms. The average molecular weight is 284 g/mol. The topological polar surface area (TPSA) is 48.1 Å². The number of fused-ring (bicyclic) bond motifs is 1. The van der Waals surface area contributed by atoms with E-state index in [1.165, 1.54) is 32.4 Å². The fourth-order valence-electron chi connectivity index (χ4n) is 2.88. The Labute approximate surface area is 125 Å². The van der Waals surface area contributed by atoms with Crippen LogP contribution < -0.4 is 5.32 Å². The highest BCUT2D eigenvalue weighted by molar-refractivity contribution is 6.00. The van der Waals surface area contributed by atoms with Gasteiger partial charge in [0, 0.05) is 41.8 Å². The molecular weight excluding hydrogens is 262 g/mol. The van der Waals surface area contributed by atoms with Crippen LogP contribution in [-0.4, -0.2) is 48.4 Å². The Morgan fingerprint density at radius 3 is 3.00 bits per heavy atom. The Kier molecular flexibility index (Phi) is 4.68. The van der Waals surface area contributed by atoms with Gasteiger partial charge in [-0.05, 0) is 32.0 Å². The maximum absolute atomic E-state index is 12.2. The lowest BCUT2D eigenvalue weighted by atomic mass is 10.1. The van der Waals surface area contributed by atoms with Crippen LogP contribution in [0.25, 0.3) is 10.9 Å². The Balaban J connectivity index is 1.45. The molecule has 0 unspecified atom stereocenters. The van der Waals surface area contributed by atoms with E-state index in [2.05, 4.69) is 21.3 Å². The second kappa shape index (κ2) is 6.87. The van der Waals surface area contributed by atoms with E-state index in [9.17, 15) is 4.79 Å². The average Bonchev–Trinajstić information content (AvgIpc) is 3.00. The van der Waals surface area contributed by atoms with Crippen LogP contribution in [0, 0.1) is 6.07 Å². The molecule has 1 aliphatic heterocycles. The number of aromatic nitrogens is 1. The van der Waals surface area contributed by atoms with E-state index in [0.717, 1.165) is 29.6 Å². The standard InChI is InChI=1S/C17H22N3O/c21-17(13-18-8-11-20-9-2-1-3-10-20)15-5-4-14-6-7-19-16(14)12-15/h4-5,7,12,18-19H,1-3,8-11,13H2. The van der Waals surface area contributed by atoms with Crippen LogP contribution in [0.3, 0.4) is 0 Å². The lowest BCUT2D eigenvalue weighted by molar-refractivity contribution is 0.0989. The Morgan fingerprint density at radius 1 is 1.29 bits per heavy atom. The smallest absolute Gasteiger partial charge is 0.176 e. The van der Waals surface area contributed by atoms with Gasteiger partial charge in [0.2, 0.25) is 0 Å². The van der Waals surface area contributed by atoms with E-state index in [1.807, 2.05) is 18.2 Å². The van der Waals surface area contributed by atoms with E-state index < -0.39 is 0 Å². The van der Waals surface area contributed by atoms with Gasteiger partial charge >= 0.3 is 0 Å². The first-order chi connectivity index (χ1) is 10.3. The van der Waals surface area contributed by atoms with Crippen molar-refractivity contribution in [2.45, 2.75) is 19.3 Å². The van der Waals surface area contributed by atoms with Crippen molar-refractivity contribution in [3.05, 3.63) is 36.0 Å². The van der Waals surface area contributed by atoms with Crippen molar-refractivity contribution in [2.24, 2.45) is 0 Å². The van der Waals surface area contributed by atoms with Crippen molar-refractivity contribution < 1.29 is 4.79 Å². The SMILES string of the molecule is O=C(CNCCN1CCCCC1)c1ccc2[c]c[nH]c2c1. The normalized spacial score (nSPS) is 16.4. The van der Waals surface area contributed by atoms with E-state index in [-0.39, 0.29) is 5.78 Å². The molecule has 0 spiro atoms. The fraction of sp³-hybridized carbons (Fsp3) is 0.471. The summed E-state index contributed by atoms with van der Waals surface area (Å²) in [5.41, 5.74) is 1.72. The summed E-state index contributed by atoms with van der Waals surface area (Å²) >= 11 is 0. The van der Waals surface area contributed by atoms with E-state index in [0.29, 0.717) is 6.54 Å². The van der Waals surface area contributed by atoms with Gasteiger partial charge in [-0.25, -0.2) is 0 Å². The zero-order valence-corrected chi connectivity index (χ0v) is 12.3. The largest absolute Gasteiger partial charge is 0.361 e. The number of ketones is 1. The molecule has 0 atom stereocenters. The lowest BCUT2D eigenvalue weighted by Crippen LogP contribution is -2.37. The van der Waals surface area contributed by atoms with Gasteiger partial charge in [-0.2, -0.15) is 0 Å². The van der Waals surface area contributed by atoms with Crippen LogP contribution >= 0.6 is 0 Å². The molecule has 0 amide bonds. The summed E-state index contributed by atoms with van der Waals surface area (Å²) in [5, 5.41) is 4.28. The van der Waals surface area contributed by atoms with Crippen molar-refractivity contribution >= 4 is 16.7 Å². The number of likely N-dealkylation sites (tertiary alicyclic amines) is 1. The van der Waals surface area contributed by atoms with Crippen molar-refractivity contribution in [3.8, 4) is 0 Å². The minimum atomic E-state index is 0.144. The second-order valence-electron chi connectivity index (χ2n) is 5.70. The maximum atomic E-state index is 12.2. The first-order valence-corrected chi connectivity index (χ1v) is 7.78. The molecule has 1 aromatic heterocycles. The Hall–Kier alpha value is -1.65. The molecule has 2 N–H and O–H groups in total. The summed E-state index contributed by atoms with van der Waals surface area (Å²) in [6.07, 6.45) is 5.76. The number of rotatable bonds is 6. The molecule has 1 aromatic carbocycles. The number of H-pyrrole nitrogens is 1. The Bertz CT molecular complexity index is 599. The number of carbonyl (C=O) groups is 1. The first-order valence-electron chi connectivity index (χ1n) is 7.78. The van der Waals surface area contributed by atoms with E-state index in [1.54, 1.807) is 6.20 Å². The molecular formula is C17H22N3O. The second-order valence-corrected chi connectivity index (χ2v) is 5.70. The molecule has 1 aliphatic rings. The van der Waals surface area contributed by atoms with Gasteiger partial charge in [0.25, 0.3) is 0 Å². The fourth-order valence-corrected chi connectivity index (χ4v) is 2.88. The van der Waals surface area contributed by atoms with E-state index in [4.69, 9.17) is 0 Å². The number of piperidine rings is 1. The molecule has 0 aliphatic carbocycles. The zero-order valence-electron chi connectivity index (χ0n) is 12.3. The van der Waals surface area contributed by atoms with Gasteiger partial charge in [-0.15, -0.1) is 0 Å². The summed E-state index contributed by atoms with van der Waals surface area (Å²) in [6.45, 7) is 4.73. The number of Topliss-reactive ketones (excluding diaryl/α,β-unsaturated/α-hetero) is 1. The molecule has 1 radical (unpaired) electrons. The summed E-state index contributed by atoms with van der Waals surface area (Å²) in [6, 6.07) is 8.80. The number of hydrogen-bond donors (Lipinski definition) is 2. The van der Waals surface area contributed by atoms with Crippen LogP contribution in [0.5, 0.6) is 0 Å². The minimum Gasteiger partial charge on any atom is -0.361 e. The highest BCUT2D eigenvalue weighted by atomic mass is 16.1. The molecule has 2 aromatic rings. The van der Waals surface area contributed by atoms with Gasteiger partial charge in [-0.1, -0.05) is 18.6 Å². The Morgan fingerprint density at radius 2 is 2.14 bits per heavy atom. The lowest BCUT2D eigenvalue weighted by Gasteiger charge is -2.26. The van der Waals surface area contributed by atoms with E-state index >= 15 is 0 Å². The van der Waals surface area contributed by atoms with Crippen molar-refractivity contribution in [1.29, 1.82) is 0 Å². The third-order valence-corrected chi connectivity index (χ3v) is 4.14. The molecule has 1 fully saturated rings. The molecule has 4 nitrogen and oxygen atoms in total. The molecule has 2 heterocycles. The molecule has 3 rings (SSSR count). The molecule has 21 heavy (non-hydrogen) atoms. The first kappa shape index (κ1) is 14.3. The van der Waals surface area contributed by atoms with Crippen molar-refractivity contribution in [2.75, 3.05) is 32.7 Å². The van der Waals surface area contributed by atoms with Crippen LogP contribution in [-0.2, 0) is 0 Å². The van der Waals surface area contributed by atoms with Gasteiger partial charge in [0.05, 0.1) is 6.54 Å². The monoisotopic (exact) mass is 284 g/mol. The molecule has 1 saturated heterocycles. The van der Waals surface area contributed by atoms with Crippen LogP contribution in [0.4, 0.5) is 0 Å². The van der Waals surface area contributed by atoms with Crippen LogP contribution in [0.1, 0.15) is 29.6 Å². The van der Waals surface area contributed by atoms with Gasteiger partial charge in [-0.3, -0.25) is 4.79 Å². The number of nitrogens with zero attached hydrogens (tertiary/aromatic N) is 1. The summed E-state index contributed by atoms with van der Waals surface area (Å²) < 4.78 is 0. The quantitative estimate of drug-likeness (QED) is 0.632. The highest BCUT2D eigenvalue weighted by Gasteiger charge is 2.10. The predicted molar refractivity (Wildman–Crippen MR) is 84.6 cm³/mol. The third kappa shape index (κ3) is 3.71. The number of hydrogen-bond acceptors (Lipinski definition) is 3. The van der Waals surface area contributed by atoms with Crippen molar-refractivity contribution in [1.82, 2.24) is 15.2 Å². The highest BCUT2D eigenvalue weighted by Crippen LogP contribution is 2.13. The summed E-state index contributed by atoms with van der Waals surface area (Å²) in [5.74, 6) is 0.144. The van der Waals surface area contributed by atoms with Gasteiger partial charge < -0.3 is 15.2 Å².